The Morgan fingerprint density at radius 2 is 1.59 bits per heavy atom. The lowest BCUT2D eigenvalue weighted by Gasteiger charge is -2.31. The van der Waals surface area contributed by atoms with E-state index in [9.17, 15) is 14.9 Å². The number of fused-ring (bicyclic) bond motifs is 1. The van der Waals surface area contributed by atoms with Gasteiger partial charge in [0, 0.05) is 18.6 Å². The first-order chi connectivity index (χ1) is 15.5. The van der Waals surface area contributed by atoms with E-state index < -0.39 is 23.3 Å². The average Bonchev–Trinajstić information content (AvgIpc) is 3.18. The fraction of sp³-hybridized carbons (Fsp3) is 0.125. The van der Waals surface area contributed by atoms with Gasteiger partial charge < -0.3 is 20.1 Å². The fourth-order valence-corrected chi connectivity index (χ4v) is 4.06. The Morgan fingerprint density at radius 3 is 2.25 bits per heavy atom. The minimum Gasteiger partial charge on any atom is -0.451 e. The van der Waals surface area contributed by atoms with Crippen molar-refractivity contribution in [1.29, 1.82) is 0 Å². The van der Waals surface area contributed by atoms with Gasteiger partial charge in [0.1, 0.15) is 0 Å². The molecule has 2 unspecified atom stereocenters. The van der Waals surface area contributed by atoms with E-state index in [1.54, 1.807) is 13.0 Å². The van der Waals surface area contributed by atoms with Gasteiger partial charge in [-0.3, -0.25) is 10.1 Å². The van der Waals surface area contributed by atoms with Crippen LogP contribution in [0, 0.1) is 10.1 Å². The highest BCUT2D eigenvalue weighted by Crippen LogP contribution is 2.47. The molecule has 2 atom stereocenters. The number of carbonyl (C=O) groups is 1. The summed E-state index contributed by atoms with van der Waals surface area (Å²) in [6.07, 6.45) is -0.634. The van der Waals surface area contributed by atoms with Crippen LogP contribution in [0.3, 0.4) is 0 Å². The smallest absolute Gasteiger partial charge is 0.320 e. The number of benzene rings is 3. The molecule has 0 spiro atoms. The lowest BCUT2D eigenvalue weighted by molar-refractivity contribution is -0.385. The molecule has 3 aromatic carbocycles. The van der Waals surface area contributed by atoms with Crippen LogP contribution >= 0.6 is 0 Å². The van der Waals surface area contributed by atoms with Gasteiger partial charge in [0.25, 0.3) is 0 Å². The topological polar surface area (TPSA) is 103 Å². The zero-order chi connectivity index (χ0) is 22.2. The molecule has 8 heteroatoms. The van der Waals surface area contributed by atoms with Crippen LogP contribution in [0.25, 0.3) is 11.3 Å². The van der Waals surface area contributed by atoms with E-state index in [-0.39, 0.29) is 17.2 Å². The van der Waals surface area contributed by atoms with Gasteiger partial charge in [-0.05, 0) is 22.8 Å². The van der Waals surface area contributed by atoms with Crippen LogP contribution in [0.4, 0.5) is 10.5 Å². The van der Waals surface area contributed by atoms with Gasteiger partial charge in [-0.15, -0.1) is 0 Å². The lowest BCUT2D eigenvalue weighted by Crippen LogP contribution is -2.43. The maximum Gasteiger partial charge on any atom is 0.320 e. The maximum atomic E-state index is 12.7. The van der Waals surface area contributed by atoms with Crippen LogP contribution in [0.1, 0.15) is 29.7 Å². The Bertz CT molecular complexity index is 1240. The van der Waals surface area contributed by atoms with Crippen molar-refractivity contribution in [1.82, 2.24) is 10.6 Å². The molecule has 0 saturated carbocycles. The van der Waals surface area contributed by atoms with E-state index in [4.69, 9.17) is 9.47 Å². The number of amides is 2. The molecular weight excluding hydrogens is 410 g/mol. The predicted octanol–water partition coefficient (Wildman–Crippen LogP) is 4.63. The van der Waals surface area contributed by atoms with Crippen molar-refractivity contribution in [3.05, 3.63) is 99.6 Å². The third-order valence-corrected chi connectivity index (χ3v) is 5.38. The lowest BCUT2D eigenvalue weighted by atomic mass is 9.87. The molecule has 5 rings (SSSR count). The van der Waals surface area contributed by atoms with Gasteiger partial charge in [0.15, 0.2) is 5.75 Å². The molecule has 3 aromatic rings. The Labute approximate surface area is 183 Å². The molecule has 2 aliphatic heterocycles. The summed E-state index contributed by atoms with van der Waals surface area (Å²) in [5, 5.41) is 17.6. The van der Waals surface area contributed by atoms with Crippen LogP contribution in [0.5, 0.6) is 11.5 Å². The van der Waals surface area contributed by atoms with Crippen LogP contribution in [0.15, 0.2) is 72.8 Å². The van der Waals surface area contributed by atoms with Gasteiger partial charge >= 0.3 is 11.7 Å². The second-order valence-corrected chi connectivity index (χ2v) is 7.48. The summed E-state index contributed by atoms with van der Waals surface area (Å²) in [6, 6.07) is 21.2. The molecule has 8 nitrogen and oxygen atoms in total. The second kappa shape index (κ2) is 7.73. The number of carbonyl (C=O) groups excluding carboxylic acids is 1. The standard InChI is InChI=1S/C24H19N3O5/c1-14-31-19-13-17(12-18(27(29)30)23(19)32-14)22-20(15-8-4-2-5-9-15)21(25-24(28)26-22)16-10-6-3-7-11-16/h2-14,22H,1H3,(H2,25,26,28). The number of urea groups is 1. The van der Waals surface area contributed by atoms with Crippen molar-refractivity contribution in [3.8, 4) is 11.5 Å². The van der Waals surface area contributed by atoms with Gasteiger partial charge in [-0.1, -0.05) is 60.7 Å². The van der Waals surface area contributed by atoms with Crippen molar-refractivity contribution in [2.24, 2.45) is 0 Å². The fourth-order valence-electron chi connectivity index (χ4n) is 4.06. The zero-order valence-electron chi connectivity index (χ0n) is 17.1. The molecule has 2 aliphatic rings. The minimum absolute atomic E-state index is 0.0973. The highest BCUT2D eigenvalue weighted by molar-refractivity contribution is 6.03. The van der Waals surface area contributed by atoms with Crippen molar-refractivity contribution in [2.45, 2.75) is 19.3 Å². The minimum atomic E-state index is -0.648. The van der Waals surface area contributed by atoms with Gasteiger partial charge in [-0.2, -0.15) is 0 Å². The van der Waals surface area contributed by atoms with Crippen LogP contribution in [-0.2, 0) is 0 Å². The number of nitro groups is 1. The summed E-state index contributed by atoms with van der Waals surface area (Å²) in [7, 11) is 0. The Balaban J connectivity index is 1.74. The quantitative estimate of drug-likeness (QED) is 0.465. The van der Waals surface area contributed by atoms with E-state index in [0.717, 1.165) is 16.7 Å². The summed E-state index contributed by atoms with van der Waals surface area (Å²) in [5.74, 6) is 0.378. The molecule has 32 heavy (non-hydrogen) atoms. The third kappa shape index (κ3) is 3.41. The summed E-state index contributed by atoms with van der Waals surface area (Å²) in [6.45, 7) is 1.67. The molecule has 0 bridgehead atoms. The summed E-state index contributed by atoms with van der Waals surface area (Å²) < 4.78 is 11.1. The molecule has 0 aliphatic carbocycles. The monoisotopic (exact) mass is 429 g/mol. The molecule has 160 valence electrons. The summed E-state index contributed by atoms with van der Waals surface area (Å²) >= 11 is 0. The van der Waals surface area contributed by atoms with E-state index in [0.29, 0.717) is 11.3 Å². The van der Waals surface area contributed by atoms with Crippen molar-refractivity contribution < 1.29 is 19.2 Å². The number of hydrogen-bond donors (Lipinski definition) is 2. The average molecular weight is 429 g/mol. The number of nitrogens with one attached hydrogen (secondary N) is 2. The normalized spacial score (nSPS) is 19.3. The van der Waals surface area contributed by atoms with Gasteiger partial charge in [0.05, 0.1) is 16.7 Å². The van der Waals surface area contributed by atoms with Gasteiger partial charge in [-0.25, -0.2) is 4.79 Å². The molecule has 0 saturated heterocycles. The Hall–Kier alpha value is -4.33. The molecule has 2 heterocycles. The van der Waals surface area contributed by atoms with E-state index in [1.165, 1.54) is 6.07 Å². The van der Waals surface area contributed by atoms with E-state index in [1.807, 2.05) is 60.7 Å². The highest BCUT2D eigenvalue weighted by atomic mass is 16.7. The Kier molecular flexibility index (Phi) is 4.74. The first kappa shape index (κ1) is 19.6. The largest absolute Gasteiger partial charge is 0.451 e. The third-order valence-electron chi connectivity index (χ3n) is 5.38. The SMILES string of the molecule is CC1Oc2cc(C3NC(=O)NC(c4ccccc4)=C3c3ccccc3)cc([N+](=O)[O-])c2O1. The summed E-state index contributed by atoms with van der Waals surface area (Å²) in [5.41, 5.74) is 3.45. The highest BCUT2D eigenvalue weighted by Gasteiger charge is 2.35. The molecular formula is C24H19N3O5. The number of ether oxygens (including phenoxy) is 2. The first-order valence-electron chi connectivity index (χ1n) is 10.1. The second-order valence-electron chi connectivity index (χ2n) is 7.48. The van der Waals surface area contributed by atoms with E-state index >= 15 is 0 Å². The molecule has 2 N–H and O–H groups in total. The zero-order valence-corrected chi connectivity index (χ0v) is 17.1. The van der Waals surface area contributed by atoms with Crippen molar-refractivity contribution in [2.75, 3.05) is 0 Å². The van der Waals surface area contributed by atoms with Crippen molar-refractivity contribution >= 4 is 23.0 Å². The van der Waals surface area contributed by atoms with Crippen molar-refractivity contribution in [3.63, 3.8) is 0 Å². The van der Waals surface area contributed by atoms with Crippen LogP contribution < -0.4 is 20.1 Å². The molecule has 0 aromatic heterocycles. The number of rotatable bonds is 4. The Morgan fingerprint density at radius 1 is 0.938 bits per heavy atom. The molecule has 0 fully saturated rings. The number of nitrogens with zero attached hydrogens (tertiary/aromatic N) is 1. The molecule has 2 amide bonds. The summed E-state index contributed by atoms with van der Waals surface area (Å²) in [4.78, 5) is 23.9. The van der Waals surface area contributed by atoms with Gasteiger partial charge in [0.2, 0.25) is 12.0 Å². The molecule has 0 radical (unpaired) electrons. The number of hydrogen-bond acceptors (Lipinski definition) is 5. The van der Waals surface area contributed by atoms with Crippen LogP contribution in [0.2, 0.25) is 0 Å². The first-order valence-corrected chi connectivity index (χ1v) is 10.1. The van der Waals surface area contributed by atoms with E-state index in [2.05, 4.69) is 10.6 Å². The van der Waals surface area contributed by atoms with Crippen LogP contribution in [-0.4, -0.2) is 17.2 Å². The predicted molar refractivity (Wildman–Crippen MR) is 118 cm³/mol. The number of nitro benzene ring substituents is 1. The maximum absolute atomic E-state index is 12.7.